The topological polar surface area (TPSA) is 66.4 Å². The number of hydrogen-bond donors (Lipinski definition) is 2. The molecule has 2 rings (SSSR count). The summed E-state index contributed by atoms with van der Waals surface area (Å²) in [4.78, 5) is 24.1. The molecule has 1 aliphatic rings. The zero-order chi connectivity index (χ0) is 17.7. The van der Waals surface area contributed by atoms with Crippen LogP contribution in [-0.2, 0) is 16.0 Å². The van der Waals surface area contributed by atoms with Crippen LogP contribution in [-0.4, -0.2) is 17.0 Å². The Kier molecular flexibility index (Phi) is 6.18. The molecule has 4 heteroatoms. The van der Waals surface area contributed by atoms with E-state index in [0.29, 0.717) is 12.8 Å². The third kappa shape index (κ3) is 4.47. The van der Waals surface area contributed by atoms with Crippen LogP contribution in [0.1, 0.15) is 52.0 Å². The lowest BCUT2D eigenvalue weighted by molar-refractivity contribution is -0.146. The fourth-order valence-electron chi connectivity index (χ4n) is 3.20. The lowest BCUT2D eigenvalue weighted by Gasteiger charge is -2.29. The van der Waals surface area contributed by atoms with Gasteiger partial charge in [-0.25, -0.2) is 0 Å². The summed E-state index contributed by atoms with van der Waals surface area (Å²) in [5.41, 5.74) is 4.20. The van der Waals surface area contributed by atoms with Crippen LogP contribution in [0, 0.1) is 11.8 Å². The molecule has 24 heavy (non-hydrogen) atoms. The molecular weight excluding hydrogens is 302 g/mol. The quantitative estimate of drug-likeness (QED) is 0.759. The molecule has 0 saturated heterocycles. The Labute approximate surface area is 144 Å². The molecule has 0 aromatic heterocycles. The number of anilines is 1. The van der Waals surface area contributed by atoms with E-state index in [9.17, 15) is 14.7 Å². The Bertz CT molecular complexity index is 631. The van der Waals surface area contributed by atoms with E-state index in [1.807, 2.05) is 38.1 Å². The minimum atomic E-state index is -0.892. The predicted octanol–water partition coefficient (Wildman–Crippen LogP) is 4.41. The molecule has 1 aromatic carbocycles. The monoisotopic (exact) mass is 329 g/mol. The maximum atomic E-state index is 12.6. The van der Waals surface area contributed by atoms with E-state index in [1.165, 1.54) is 5.56 Å². The Morgan fingerprint density at radius 1 is 1.08 bits per heavy atom. The molecule has 0 heterocycles. The van der Waals surface area contributed by atoms with Crippen molar-refractivity contribution in [3.63, 3.8) is 0 Å². The van der Waals surface area contributed by atoms with Crippen LogP contribution >= 0.6 is 0 Å². The molecule has 0 spiro atoms. The van der Waals surface area contributed by atoms with Gasteiger partial charge in [0, 0.05) is 5.69 Å². The maximum absolute atomic E-state index is 12.6. The summed E-state index contributed by atoms with van der Waals surface area (Å²) in [6, 6.07) is 7.84. The highest BCUT2D eigenvalue weighted by molar-refractivity contribution is 5.95. The molecule has 0 saturated carbocycles. The fraction of sp³-hybridized carbons (Fsp3) is 0.500. The lowest BCUT2D eigenvalue weighted by Crippen LogP contribution is -2.36. The summed E-state index contributed by atoms with van der Waals surface area (Å²) in [7, 11) is 0. The molecule has 0 radical (unpaired) electrons. The molecule has 130 valence electrons. The van der Waals surface area contributed by atoms with Crippen LogP contribution in [0.3, 0.4) is 0 Å². The normalized spacial score (nSPS) is 20.8. The third-order valence-electron chi connectivity index (χ3n) is 4.96. The Morgan fingerprint density at radius 3 is 2.21 bits per heavy atom. The zero-order valence-electron chi connectivity index (χ0n) is 14.8. The highest BCUT2D eigenvalue weighted by atomic mass is 16.4. The van der Waals surface area contributed by atoms with Crippen molar-refractivity contribution in [1.82, 2.24) is 0 Å². The summed E-state index contributed by atoms with van der Waals surface area (Å²) >= 11 is 0. The summed E-state index contributed by atoms with van der Waals surface area (Å²) in [6.45, 7) is 6.10. The summed E-state index contributed by atoms with van der Waals surface area (Å²) in [6.07, 6.45) is 4.32. The van der Waals surface area contributed by atoms with E-state index in [2.05, 4.69) is 12.2 Å². The molecule has 2 N–H and O–H groups in total. The van der Waals surface area contributed by atoms with Gasteiger partial charge < -0.3 is 10.4 Å². The van der Waals surface area contributed by atoms with Crippen molar-refractivity contribution in [3.8, 4) is 0 Å². The van der Waals surface area contributed by atoms with Crippen molar-refractivity contribution in [2.24, 2.45) is 11.8 Å². The largest absolute Gasteiger partial charge is 0.481 e. The number of carbonyl (C=O) groups is 2. The zero-order valence-corrected chi connectivity index (χ0v) is 14.8. The summed E-state index contributed by atoms with van der Waals surface area (Å²) in [5.74, 6) is -2.24. The smallest absolute Gasteiger partial charge is 0.307 e. The predicted molar refractivity (Wildman–Crippen MR) is 95.9 cm³/mol. The standard InChI is InChI=1S/C20H27NO3/c1-4-5-6-15-7-9-16(10-8-15)21-19(22)17-11-13(2)14(3)12-18(17)20(23)24/h7-10,17-18H,4-6,11-12H2,1-3H3,(H,21,22)(H,23,24)/t17-,18-/m0/s1. The van der Waals surface area contributed by atoms with Gasteiger partial charge in [0.25, 0.3) is 0 Å². The Morgan fingerprint density at radius 2 is 1.67 bits per heavy atom. The van der Waals surface area contributed by atoms with E-state index in [4.69, 9.17) is 0 Å². The number of aryl methyl sites for hydroxylation is 1. The number of allylic oxidation sites excluding steroid dienone is 2. The van der Waals surface area contributed by atoms with Gasteiger partial charge in [0.05, 0.1) is 11.8 Å². The average Bonchev–Trinajstić information content (AvgIpc) is 2.56. The molecule has 1 amide bonds. The van der Waals surface area contributed by atoms with Gasteiger partial charge in [-0.05, 0) is 57.2 Å². The summed E-state index contributed by atoms with van der Waals surface area (Å²) < 4.78 is 0. The van der Waals surface area contributed by atoms with Gasteiger partial charge in [0.15, 0.2) is 0 Å². The van der Waals surface area contributed by atoms with Crippen LogP contribution in [0.4, 0.5) is 5.69 Å². The van der Waals surface area contributed by atoms with Crippen LogP contribution in [0.25, 0.3) is 0 Å². The highest BCUT2D eigenvalue weighted by Gasteiger charge is 2.37. The molecule has 2 atom stereocenters. The van der Waals surface area contributed by atoms with E-state index in [1.54, 1.807) is 0 Å². The maximum Gasteiger partial charge on any atom is 0.307 e. The van der Waals surface area contributed by atoms with Gasteiger partial charge in [0.2, 0.25) is 5.91 Å². The van der Waals surface area contributed by atoms with Crippen molar-refractivity contribution in [3.05, 3.63) is 41.0 Å². The van der Waals surface area contributed by atoms with E-state index < -0.39 is 17.8 Å². The molecule has 4 nitrogen and oxygen atoms in total. The first-order valence-electron chi connectivity index (χ1n) is 8.70. The van der Waals surface area contributed by atoms with Crippen LogP contribution in [0.2, 0.25) is 0 Å². The minimum Gasteiger partial charge on any atom is -0.481 e. The van der Waals surface area contributed by atoms with Gasteiger partial charge in [-0.3, -0.25) is 9.59 Å². The van der Waals surface area contributed by atoms with Crippen molar-refractivity contribution in [1.29, 1.82) is 0 Å². The van der Waals surface area contributed by atoms with Crippen LogP contribution in [0.5, 0.6) is 0 Å². The van der Waals surface area contributed by atoms with E-state index >= 15 is 0 Å². The number of carbonyl (C=O) groups excluding carboxylic acids is 1. The number of carboxylic acids is 1. The minimum absolute atomic E-state index is 0.199. The van der Waals surface area contributed by atoms with E-state index in [0.717, 1.165) is 36.1 Å². The second-order valence-corrected chi connectivity index (χ2v) is 6.81. The second-order valence-electron chi connectivity index (χ2n) is 6.81. The number of amides is 1. The van der Waals surface area contributed by atoms with Crippen LogP contribution < -0.4 is 5.32 Å². The molecule has 0 bridgehead atoms. The molecule has 0 unspecified atom stereocenters. The number of carboxylic acid groups (broad SMARTS) is 1. The summed E-state index contributed by atoms with van der Waals surface area (Å²) in [5, 5.41) is 12.3. The van der Waals surface area contributed by atoms with Crippen molar-refractivity contribution < 1.29 is 14.7 Å². The van der Waals surface area contributed by atoms with Gasteiger partial charge in [-0.2, -0.15) is 0 Å². The molecule has 0 fully saturated rings. The highest BCUT2D eigenvalue weighted by Crippen LogP contribution is 2.35. The van der Waals surface area contributed by atoms with Gasteiger partial charge in [0.1, 0.15) is 0 Å². The van der Waals surface area contributed by atoms with Gasteiger partial charge >= 0.3 is 5.97 Å². The average molecular weight is 329 g/mol. The number of nitrogens with one attached hydrogen (secondary N) is 1. The van der Waals surface area contributed by atoms with Crippen molar-refractivity contribution in [2.75, 3.05) is 5.32 Å². The van der Waals surface area contributed by atoms with E-state index in [-0.39, 0.29) is 5.91 Å². The Hall–Kier alpha value is -2.10. The molecule has 0 aliphatic heterocycles. The number of unbranched alkanes of at least 4 members (excludes halogenated alkanes) is 1. The molecule has 1 aromatic rings. The number of rotatable bonds is 6. The van der Waals surface area contributed by atoms with Gasteiger partial charge in [-0.15, -0.1) is 0 Å². The van der Waals surface area contributed by atoms with Crippen molar-refractivity contribution in [2.45, 2.75) is 52.9 Å². The van der Waals surface area contributed by atoms with Gasteiger partial charge in [-0.1, -0.05) is 36.6 Å². The molecular formula is C20H27NO3. The fourth-order valence-corrected chi connectivity index (χ4v) is 3.20. The first-order chi connectivity index (χ1) is 11.4. The SMILES string of the molecule is CCCCc1ccc(NC(=O)[C@H]2CC(C)=C(C)C[C@@H]2C(=O)O)cc1. The lowest BCUT2D eigenvalue weighted by atomic mass is 9.76. The molecule has 1 aliphatic carbocycles. The third-order valence-corrected chi connectivity index (χ3v) is 4.96. The second kappa shape index (κ2) is 8.13. The first-order valence-corrected chi connectivity index (χ1v) is 8.70. The van der Waals surface area contributed by atoms with Crippen molar-refractivity contribution >= 4 is 17.6 Å². The number of aliphatic carboxylic acids is 1. The Balaban J connectivity index is 2.06. The van der Waals surface area contributed by atoms with Crippen LogP contribution in [0.15, 0.2) is 35.4 Å². The first kappa shape index (κ1) is 18.2. The number of hydrogen-bond acceptors (Lipinski definition) is 2. The number of benzene rings is 1.